The average Bonchev–Trinajstić information content (AvgIpc) is 3.13. The molecule has 1 fully saturated rings. The molecule has 0 radical (unpaired) electrons. The molecule has 1 saturated carbocycles. The zero-order valence-electron chi connectivity index (χ0n) is 13.1. The van der Waals surface area contributed by atoms with Gasteiger partial charge in [0.05, 0.1) is 0 Å². The third-order valence-corrected chi connectivity index (χ3v) is 5.30. The summed E-state index contributed by atoms with van der Waals surface area (Å²) < 4.78 is 2.12. The number of aromatic nitrogens is 3. The second-order valence-corrected chi connectivity index (χ2v) is 7.34. The third-order valence-electron chi connectivity index (χ3n) is 4.10. The number of hydrogen-bond donors (Lipinski definition) is 0. The van der Waals surface area contributed by atoms with E-state index in [9.17, 15) is 4.79 Å². The van der Waals surface area contributed by atoms with Crippen molar-refractivity contribution >= 4 is 44.3 Å². The zero-order valence-corrected chi connectivity index (χ0v) is 14.6. The highest BCUT2D eigenvalue weighted by molar-refractivity contribution is 7.22. The lowest BCUT2D eigenvalue weighted by Gasteiger charge is -2.19. The van der Waals surface area contributed by atoms with Crippen LogP contribution in [0.15, 0.2) is 36.7 Å². The molecule has 3 aromatic heterocycles. The molecule has 0 aliphatic heterocycles. The smallest absolute Gasteiger partial charge is 0.231 e. The van der Waals surface area contributed by atoms with Gasteiger partial charge < -0.3 is 4.57 Å². The Labute approximate surface area is 148 Å². The monoisotopic (exact) mass is 360 g/mol. The standard InChI is InChI=1S/C17H17ClN4OS/c18-14-7-6-13-15(20-14)24-17(19-13)22(16(23)12-4-5-12)11-3-10-21-8-1-2-9-21/h1-2,6-9,12H,3-5,10-11H2. The number of nitrogens with zero attached hydrogens (tertiary/aromatic N) is 4. The third kappa shape index (κ3) is 3.30. The summed E-state index contributed by atoms with van der Waals surface area (Å²) in [7, 11) is 0. The van der Waals surface area contributed by atoms with E-state index in [0.29, 0.717) is 11.7 Å². The first kappa shape index (κ1) is 15.6. The molecular weight excluding hydrogens is 344 g/mol. The molecule has 3 heterocycles. The summed E-state index contributed by atoms with van der Waals surface area (Å²) in [4.78, 5) is 24.2. The predicted molar refractivity (Wildman–Crippen MR) is 96.6 cm³/mol. The van der Waals surface area contributed by atoms with Gasteiger partial charge in [-0.25, -0.2) is 9.97 Å². The minimum atomic E-state index is 0.167. The van der Waals surface area contributed by atoms with Gasteiger partial charge in [0.1, 0.15) is 15.5 Å². The van der Waals surface area contributed by atoms with E-state index >= 15 is 0 Å². The van der Waals surface area contributed by atoms with Gasteiger partial charge in [-0.1, -0.05) is 22.9 Å². The summed E-state index contributed by atoms with van der Waals surface area (Å²) in [5.74, 6) is 0.354. The van der Waals surface area contributed by atoms with Gasteiger partial charge >= 0.3 is 0 Å². The molecule has 0 atom stereocenters. The molecule has 0 aromatic carbocycles. The molecular formula is C17H17ClN4OS. The van der Waals surface area contributed by atoms with Gasteiger partial charge in [0, 0.05) is 31.4 Å². The topological polar surface area (TPSA) is 51.0 Å². The molecule has 0 bridgehead atoms. The fourth-order valence-corrected chi connectivity index (χ4v) is 3.85. The maximum Gasteiger partial charge on any atom is 0.231 e. The molecule has 24 heavy (non-hydrogen) atoms. The lowest BCUT2D eigenvalue weighted by atomic mass is 10.3. The van der Waals surface area contributed by atoms with Crippen molar-refractivity contribution in [1.29, 1.82) is 0 Å². The average molecular weight is 361 g/mol. The number of carbonyl (C=O) groups is 1. The number of hydrogen-bond acceptors (Lipinski definition) is 4. The van der Waals surface area contributed by atoms with Crippen molar-refractivity contribution < 1.29 is 4.79 Å². The normalized spacial score (nSPS) is 14.2. The molecule has 1 aliphatic carbocycles. The van der Waals surface area contributed by atoms with Crippen LogP contribution in [0.1, 0.15) is 19.3 Å². The second-order valence-electron chi connectivity index (χ2n) is 5.99. The highest BCUT2D eigenvalue weighted by Crippen LogP contribution is 2.35. The van der Waals surface area contributed by atoms with Crippen LogP contribution in [0.3, 0.4) is 0 Å². The molecule has 3 aromatic rings. The highest BCUT2D eigenvalue weighted by Gasteiger charge is 2.35. The van der Waals surface area contributed by atoms with Crippen molar-refractivity contribution in [2.24, 2.45) is 5.92 Å². The Balaban J connectivity index is 1.55. The summed E-state index contributed by atoms with van der Waals surface area (Å²) >= 11 is 7.39. The fourth-order valence-electron chi connectivity index (χ4n) is 2.68. The number of carbonyl (C=O) groups excluding carboxylic acids is 1. The van der Waals surface area contributed by atoms with Gasteiger partial charge in [-0.3, -0.25) is 9.69 Å². The molecule has 5 nitrogen and oxygen atoms in total. The van der Waals surface area contributed by atoms with Crippen LogP contribution in [0, 0.1) is 5.92 Å². The molecule has 0 spiro atoms. The lowest BCUT2D eigenvalue weighted by Crippen LogP contribution is -2.33. The van der Waals surface area contributed by atoms with Crippen LogP contribution in [0.2, 0.25) is 5.15 Å². The minimum absolute atomic E-state index is 0.167. The van der Waals surface area contributed by atoms with E-state index in [0.717, 1.165) is 41.3 Å². The summed E-state index contributed by atoms with van der Waals surface area (Å²) in [5.41, 5.74) is 0.790. The van der Waals surface area contributed by atoms with Crippen LogP contribution >= 0.6 is 22.9 Å². The van der Waals surface area contributed by atoms with Crippen molar-refractivity contribution in [2.45, 2.75) is 25.8 Å². The number of thiazole rings is 1. The van der Waals surface area contributed by atoms with Crippen molar-refractivity contribution in [3.8, 4) is 0 Å². The van der Waals surface area contributed by atoms with Gasteiger partial charge in [-0.2, -0.15) is 0 Å². The number of amides is 1. The summed E-state index contributed by atoms with van der Waals surface area (Å²) in [6, 6.07) is 7.60. The Kier molecular flexibility index (Phi) is 4.24. The molecule has 0 saturated heterocycles. The molecule has 4 rings (SSSR count). The van der Waals surface area contributed by atoms with Crippen LogP contribution in [0.4, 0.5) is 5.13 Å². The van der Waals surface area contributed by atoms with E-state index in [-0.39, 0.29) is 11.8 Å². The first-order chi connectivity index (χ1) is 11.7. The lowest BCUT2D eigenvalue weighted by molar-refractivity contribution is -0.119. The van der Waals surface area contributed by atoms with Gasteiger partial charge in [-0.15, -0.1) is 0 Å². The highest BCUT2D eigenvalue weighted by atomic mass is 35.5. The number of rotatable bonds is 6. The fraction of sp³-hybridized carbons (Fsp3) is 0.353. The van der Waals surface area contributed by atoms with Gasteiger partial charge in [-0.05, 0) is 43.5 Å². The SMILES string of the molecule is O=C(C1CC1)N(CCCn1cccc1)c1nc2ccc(Cl)nc2s1. The van der Waals surface area contributed by atoms with Crippen LogP contribution in [0.25, 0.3) is 10.3 Å². The summed E-state index contributed by atoms with van der Waals surface area (Å²) in [6.45, 7) is 1.55. The summed E-state index contributed by atoms with van der Waals surface area (Å²) in [6.07, 6.45) is 6.94. The van der Waals surface area contributed by atoms with Crippen LogP contribution < -0.4 is 4.90 Å². The van der Waals surface area contributed by atoms with Crippen LogP contribution in [-0.4, -0.2) is 27.0 Å². The van der Waals surface area contributed by atoms with E-state index in [1.807, 2.05) is 35.5 Å². The Morgan fingerprint density at radius 1 is 1.29 bits per heavy atom. The number of halogens is 1. The number of fused-ring (bicyclic) bond motifs is 1. The van der Waals surface area contributed by atoms with E-state index < -0.39 is 0 Å². The zero-order chi connectivity index (χ0) is 16.5. The minimum Gasteiger partial charge on any atom is -0.354 e. The van der Waals surface area contributed by atoms with Gasteiger partial charge in [0.2, 0.25) is 5.91 Å². The number of anilines is 1. The number of pyridine rings is 1. The molecule has 0 N–H and O–H groups in total. The second kappa shape index (κ2) is 6.53. The van der Waals surface area contributed by atoms with Crippen molar-refractivity contribution in [1.82, 2.24) is 14.5 Å². The molecule has 7 heteroatoms. The Bertz CT molecular complexity index is 857. The predicted octanol–water partition coefficient (Wildman–Crippen LogP) is 3.98. The van der Waals surface area contributed by atoms with Gasteiger partial charge in [0.15, 0.2) is 5.13 Å². The largest absolute Gasteiger partial charge is 0.354 e. The van der Waals surface area contributed by atoms with Crippen LogP contribution in [-0.2, 0) is 11.3 Å². The van der Waals surface area contributed by atoms with Gasteiger partial charge in [0.25, 0.3) is 0 Å². The van der Waals surface area contributed by atoms with Crippen molar-refractivity contribution in [2.75, 3.05) is 11.4 Å². The summed E-state index contributed by atoms with van der Waals surface area (Å²) in [5, 5.41) is 1.18. The van der Waals surface area contributed by atoms with E-state index in [1.54, 1.807) is 6.07 Å². The molecule has 124 valence electrons. The number of aryl methyl sites for hydroxylation is 1. The van der Waals surface area contributed by atoms with E-state index in [1.165, 1.54) is 11.3 Å². The first-order valence-corrected chi connectivity index (χ1v) is 9.25. The quantitative estimate of drug-likeness (QED) is 0.625. The Morgan fingerprint density at radius 3 is 2.83 bits per heavy atom. The van der Waals surface area contributed by atoms with E-state index in [4.69, 9.17) is 11.6 Å². The maximum absolute atomic E-state index is 12.7. The van der Waals surface area contributed by atoms with Crippen molar-refractivity contribution in [3.63, 3.8) is 0 Å². The first-order valence-electron chi connectivity index (χ1n) is 8.06. The maximum atomic E-state index is 12.7. The Hall–Kier alpha value is -1.92. The Morgan fingerprint density at radius 2 is 2.08 bits per heavy atom. The molecule has 1 amide bonds. The van der Waals surface area contributed by atoms with Crippen molar-refractivity contribution in [3.05, 3.63) is 41.8 Å². The molecule has 1 aliphatic rings. The van der Waals surface area contributed by atoms with Crippen LogP contribution in [0.5, 0.6) is 0 Å². The molecule has 0 unspecified atom stereocenters. The van der Waals surface area contributed by atoms with E-state index in [2.05, 4.69) is 14.5 Å².